The number of fused-ring (bicyclic) bond motifs is 1. The second-order valence-electron chi connectivity index (χ2n) is 6.44. The van der Waals surface area contributed by atoms with Gasteiger partial charge in [-0.3, -0.25) is 6.08 Å². The van der Waals surface area contributed by atoms with Crippen molar-refractivity contribution in [2.75, 3.05) is 0 Å². The van der Waals surface area contributed by atoms with Gasteiger partial charge in [-0.15, -0.1) is 41.6 Å². The van der Waals surface area contributed by atoms with Gasteiger partial charge in [0.15, 0.2) is 0 Å². The molecule has 0 amide bonds. The second-order valence-corrected chi connectivity index (χ2v) is 6.44. The molecule has 0 unspecified atom stereocenters. The summed E-state index contributed by atoms with van der Waals surface area (Å²) in [5.74, 6) is 0. The molecule has 0 N–H and O–H groups in total. The van der Waals surface area contributed by atoms with Crippen LogP contribution in [0.3, 0.4) is 0 Å². The van der Waals surface area contributed by atoms with Crippen LogP contribution in [0, 0.1) is 6.08 Å². The minimum absolute atomic E-state index is 0. The molecule has 0 saturated heterocycles. The van der Waals surface area contributed by atoms with Gasteiger partial charge < -0.3 is 24.8 Å². The molecule has 163 valence electrons. The largest absolute Gasteiger partial charge is 4.00 e. The van der Waals surface area contributed by atoms with Crippen LogP contribution >= 0.6 is 0 Å². The molecule has 3 radical (unpaired) electrons. The Balaban J connectivity index is -0.000000361. The molecule has 4 rings (SSSR count). The number of halogens is 2. The van der Waals surface area contributed by atoms with Crippen molar-refractivity contribution in [3.63, 3.8) is 0 Å². The topological polar surface area (TPSA) is 0 Å². The zero-order valence-electron chi connectivity index (χ0n) is 18.9. The molecule has 0 aromatic heterocycles. The van der Waals surface area contributed by atoms with Crippen LogP contribution in [0.4, 0.5) is 0 Å². The summed E-state index contributed by atoms with van der Waals surface area (Å²) < 4.78 is 0. The molecule has 1 aliphatic rings. The zero-order valence-corrected chi connectivity index (χ0v) is 23.8. The fourth-order valence-corrected chi connectivity index (χ4v) is 2.80. The summed E-state index contributed by atoms with van der Waals surface area (Å²) in [5, 5.41) is 2.66. The van der Waals surface area contributed by atoms with Gasteiger partial charge >= 0.3 is 26.2 Å². The Morgan fingerprint density at radius 3 is 1.94 bits per heavy atom. The summed E-state index contributed by atoms with van der Waals surface area (Å²) in [7, 11) is 2.97. The van der Waals surface area contributed by atoms with Crippen LogP contribution in [0.15, 0.2) is 84.9 Å². The average Bonchev–Trinajstić information content (AvgIpc) is 3.47. The Kier molecular flexibility index (Phi) is 26.8. The van der Waals surface area contributed by atoms with Crippen LogP contribution in [0.5, 0.6) is 0 Å². The summed E-state index contributed by atoms with van der Waals surface area (Å²) in [6.45, 7) is 6.27. The Labute approximate surface area is 225 Å². The first-order valence-electron chi connectivity index (χ1n) is 10.3. The fraction of sp³-hybridized carbons (Fsp3) is 0.296. The zero-order chi connectivity index (χ0) is 20.5. The van der Waals surface area contributed by atoms with Crippen molar-refractivity contribution in [1.29, 1.82) is 0 Å². The van der Waals surface area contributed by atoms with Crippen molar-refractivity contribution in [2.45, 2.75) is 52.5 Å². The summed E-state index contributed by atoms with van der Waals surface area (Å²) in [6.07, 6.45) is 13.9. The molecule has 0 spiro atoms. The van der Waals surface area contributed by atoms with Gasteiger partial charge in [-0.05, 0) is 0 Å². The van der Waals surface area contributed by atoms with Crippen LogP contribution in [0.1, 0.15) is 51.5 Å². The minimum Gasteiger partial charge on any atom is -1.00 e. The van der Waals surface area contributed by atoms with Crippen LogP contribution in [0.25, 0.3) is 16.3 Å². The van der Waals surface area contributed by atoms with Crippen molar-refractivity contribution in [3.8, 4) is 0 Å². The Bertz CT molecular complexity index is 776. The van der Waals surface area contributed by atoms with Gasteiger partial charge in [0, 0.05) is 10.2 Å². The molecule has 0 aliphatic heterocycles. The van der Waals surface area contributed by atoms with E-state index in [2.05, 4.69) is 109 Å². The maximum absolute atomic E-state index is 3.15. The monoisotopic (exact) mass is 545 g/mol. The Hall–Kier alpha value is -0.790. The third-order valence-corrected chi connectivity index (χ3v) is 4.31. The molecule has 4 heteroatoms. The molecule has 1 aliphatic carbocycles. The maximum Gasteiger partial charge on any atom is 4.00 e. The molecule has 0 atom stereocenters. The maximum atomic E-state index is 3.15. The molecule has 0 saturated carbocycles. The number of allylic oxidation sites excluding steroid dienone is 4. The van der Waals surface area contributed by atoms with E-state index in [1.165, 1.54) is 47.6 Å². The number of hydrogen-bond acceptors (Lipinski definition) is 0. The number of unbranched alkanes of at least 4 members (excludes halogenated alkanes) is 3. The molecule has 0 fully saturated rings. The molecule has 0 bridgehead atoms. The van der Waals surface area contributed by atoms with E-state index in [0.717, 1.165) is 6.42 Å². The van der Waals surface area contributed by atoms with E-state index in [0.29, 0.717) is 0 Å². The molecule has 3 aromatic rings. The van der Waals surface area contributed by atoms with Gasteiger partial charge in [-0.1, -0.05) is 82.5 Å². The Morgan fingerprint density at radius 1 is 0.839 bits per heavy atom. The van der Waals surface area contributed by atoms with Gasteiger partial charge in [-0.2, -0.15) is 29.2 Å². The van der Waals surface area contributed by atoms with Crippen LogP contribution in [-0.2, 0) is 26.2 Å². The predicted molar refractivity (Wildman–Crippen MR) is 128 cm³/mol. The van der Waals surface area contributed by atoms with Crippen molar-refractivity contribution in [2.24, 2.45) is 0 Å². The van der Waals surface area contributed by atoms with Crippen molar-refractivity contribution in [1.82, 2.24) is 0 Å². The first kappa shape index (κ1) is 34.8. The summed E-state index contributed by atoms with van der Waals surface area (Å²) in [4.78, 5) is 0. The van der Waals surface area contributed by atoms with E-state index in [-0.39, 0.29) is 51.0 Å². The van der Waals surface area contributed by atoms with E-state index in [1.807, 2.05) is 6.07 Å². The summed E-state index contributed by atoms with van der Waals surface area (Å²) in [6, 6.07) is 25.1. The van der Waals surface area contributed by atoms with E-state index in [1.54, 1.807) is 6.55 Å². The summed E-state index contributed by atoms with van der Waals surface area (Å²) in [5.41, 5.74) is 2.59. The van der Waals surface area contributed by atoms with Gasteiger partial charge in [0.25, 0.3) is 0 Å². The van der Waals surface area contributed by atoms with Crippen molar-refractivity contribution in [3.05, 3.63) is 96.6 Å². The molecule has 0 heterocycles. The van der Waals surface area contributed by atoms with Crippen molar-refractivity contribution >= 4 is 26.6 Å². The molecule has 0 nitrogen and oxygen atoms in total. The molecular weight excluding hydrogens is 515 g/mol. The first-order chi connectivity index (χ1) is 13.8. The van der Waals surface area contributed by atoms with E-state index in [9.17, 15) is 0 Å². The Morgan fingerprint density at radius 2 is 1.42 bits per heavy atom. The van der Waals surface area contributed by atoms with Crippen LogP contribution in [-0.4, -0.2) is 10.2 Å². The van der Waals surface area contributed by atoms with E-state index in [4.69, 9.17) is 0 Å². The third-order valence-electron chi connectivity index (χ3n) is 4.31. The van der Waals surface area contributed by atoms with Gasteiger partial charge in [0.2, 0.25) is 0 Å². The van der Waals surface area contributed by atoms with Gasteiger partial charge in [0.05, 0.1) is 0 Å². The van der Waals surface area contributed by atoms with Gasteiger partial charge in [-0.25, -0.2) is 6.08 Å². The predicted octanol–water partition coefficient (Wildman–Crippen LogP) is 2.19. The number of benzene rings is 2. The molecule has 3 aromatic carbocycles. The fourth-order valence-electron chi connectivity index (χ4n) is 2.80. The summed E-state index contributed by atoms with van der Waals surface area (Å²) >= 11 is 0. The van der Waals surface area contributed by atoms with Crippen LogP contribution in [0.2, 0.25) is 6.55 Å². The SMILES string of the molecule is CCCCCC.C[Si].[C-]1=CC(c2ccccc2)=CC1.[Cl-].[Cl-].[Zr+4].c1ccc2[cH-]ccc2c1. The smallest absolute Gasteiger partial charge is 1.00 e. The number of hydrogen-bond donors (Lipinski definition) is 0. The number of rotatable bonds is 4. The quantitative estimate of drug-likeness (QED) is 0.267. The minimum atomic E-state index is 0. The standard InChI is InChI=1S/C11H9.C9H7.C6H14.CH3Si.2ClH.Zr/c1-2-6-10(7-3-1)11-8-4-5-9-11;1-2-5-9-7-3-6-8(9)4-1;1-3-5-6-4-2;1-2;;;/h1-3,6-9H,4H2;1-7H;3-6H2,1-2H3;1H3;2*1H;/q2*-1;;;;;+4/p-2. The second kappa shape index (κ2) is 23.9. The molecule has 31 heavy (non-hydrogen) atoms. The first-order valence-corrected chi connectivity index (χ1v) is 11.3. The van der Waals surface area contributed by atoms with Gasteiger partial charge in [0.1, 0.15) is 0 Å². The van der Waals surface area contributed by atoms with Crippen LogP contribution < -0.4 is 24.8 Å². The average molecular weight is 548 g/mol. The normalized spacial score (nSPS) is 10.3. The van der Waals surface area contributed by atoms with E-state index < -0.39 is 0 Å². The molecular formula is C27H33Cl2SiZr. The van der Waals surface area contributed by atoms with Crippen molar-refractivity contribution < 1.29 is 51.0 Å². The van der Waals surface area contributed by atoms with E-state index >= 15 is 0 Å². The third kappa shape index (κ3) is 14.8.